The maximum absolute atomic E-state index is 10.7. The van der Waals surface area contributed by atoms with E-state index in [4.69, 9.17) is 45.4 Å². The van der Waals surface area contributed by atoms with E-state index in [1.165, 1.54) is 6.20 Å². The van der Waals surface area contributed by atoms with Gasteiger partial charge in [-0.25, -0.2) is 10.8 Å². The van der Waals surface area contributed by atoms with Crippen molar-refractivity contribution in [2.24, 2.45) is 5.84 Å². The molecule has 0 spiro atoms. The Morgan fingerprint density at radius 3 is 2.38 bits per heavy atom. The van der Waals surface area contributed by atoms with Gasteiger partial charge in [-0.05, 0) is 0 Å². The van der Waals surface area contributed by atoms with E-state index in [9.17, 15) is 10.1 Å². The van der Waals surface area contributed by atoms with Crippen LogP contribution in [0, 0.1) is 10.1 Å². The first-order valence-electron chi connectivity index (χ1n) is 5.23. The number of nitro groups is 1. The van der Waals surface area contributed by atoms with E-state index in [0.29, 0.717) is 0 Å². The van der Waals surface area contributed by atoms with Gasteiger partial charge >= 0.3 is 0 Å². The van der Waals surface area contributed by atoms with Gasteiger partial charge in [0.1, 0.15) is 5.02 Å². The summed E-state index contributed by atoms with van der Waals surface area (Å²) < 4.78 is 5.38. The van der Waals surface area contributed by atoms with Crippen LogP contribution < -0.4 is 16.0 Å². The van der Waals surface area contributed by atoms with Crippen LogP contribution in [0.15, 0.2) is 18.3 Å². The number of benzene rings is 1. The fraction of sp³-hybridized carbons (Fsp3) is 0. The molecular weight excluding hydrogens is 345 g/mol. The summed E-state index contributed by atoms with van der Waals surface area (Å²) in [5.74, 6) is 5.15. The molecule has 0 atom stereocenters. The van der Waals surface area contributed by atoms with E-state index < -0.39 is 4.92 Å². The van der Waals surface area contributed by atoms with Gasteiger partial charge in [0.05, 0.1) is 21.2 Å². The van der Waals surface area contributed by atoms with Gasteiger partial charge < -0.3 is 4.74 Å². The zero-order valence-corrected chi connectivity index (χ0v) is 12.3. The molecule has 2 rings (SSSR count). The quantitative estimate of drug-likeness (QED) is 0.493. The first-order valence-corrected chi connectivity index (χ1v) is 6.36. The number of nitrogens with zero attached hydrogens (tertiary/aromatic N) is 3. The zero-order valence-electron chi connectivity index (χ0n) is 10.0. The first-order chi connectivity index (χ1) is 9.92. The zero-order chi connectivity index (χ0) is 15.6. The number of hydrogen-bond acceptors (Lipinski definition) is 7. The predicted octanol–water partition coefficient (Wildman–Crippen LogP) is 3.42. The number of aromatic nitrogens is 2. The lowest BCUT2D eigenvalue weighted by Gasteiger charge is -2.10. The molecule has 0 saturated carbocycles. The van der Waals surface area contributed by atoms with Gasteiger partial charge in [-0.2, -0.15) is 4.98 Å². The largest absolute Gasteiger partial charge is 0.434 e. The van der Waals surface area contributed by atoms with Crippen molar-refractivity contribution in [2.75, 3.05) is 5.43 Å². The molecule has 21 heavy (non-hydrogen) atoms. The van der Waals surface area contributed by atoms with E-state index in [1.807, 2.05) is 0 Å². The highest BCUT2D eigenvalue weighted by atomic mass is 35.5. The highest BCUT2D eigenvalue weighted by Crippen LogP contribution is 2.40. The molecule has 0 saturated heterocycles. The summed E-state index contributed by atoms with van der Waals surface area (Å²) >= 11 is 17.7. The molecule has 0 unspecified atom stereocenters. The van der Waals surface area contributed by atoms with Crippen molar-refractivity contribution >= 4 is 46.4 Å². The van der Waals surface area contributed by atoms with Crippen molar-refractivity contribution in [3.05, 3.63) is 43.5 Å². The molecule has 1 heterocycles. The van der Waals surface area contributed by atoms with E-state index >= 15 is 0 Å². The standard InChI is InChI=1S/C10H6Cl3N5O3/c11-5-1-4(18(19)20)2-6(12)8(5)21-9-7(13)3-15-10(16-9)17-14/h1-3H,14H2,(H,15,16,17). The van der Waals surface area contributed by atoms with Crippen molar-refractivity contribution in [3.63, 3.8) is 0 Å². The molecule has 1 aromatic carbocycles. The Labute approximate surface area is 132 Å². The molecule has 0 fully saturated rings. The summed E-state index contributed by atoms with van der Waals surface area (Å²) in [6.45, 7) is 0. The Morgan fingerprint density at radius 2 is 1.86 bits per heavy atom. The molecule has 110 valence electrons. The highest BCUT2D eigenvalue weighted by Gasteiger charge is 2.18. The third-order valence-electron chi connectivity index (χ3n) is 2.23. The molecule has 8 nitrogen and oxygen atoms in total. The number of rotatable bonds is 4. The van der Waals surface area contributed by atoms with Gasteiger partial charge in [0.25, 0.3) is 5.69 Å². The maximum Gasteiger partial charge on any atom is 0.272 e. The third kappa shape index (κ3) is 3.42. The molecule has 2 aromatic rings. The summed E-state index contributed by atoms with van der Waals surface area (Å²) in [7, 11) is 0. The molecule has 1 aromatic heterocycles. The number of nitrogens with one attached hydrogen (secondary N) is 1. The van der Waals surface area contributed by atoms with Crippen molar-refractivity contribution in [1.82, 2.24) is 9.97 Å². The minimum absolute atomic E-state index is 0.0208. The second kappa shape index (κ2) is 6.27. The van der Waals surface area contributed by atoms with Gasteiger partial charge in [-0.1, -0.05) is 34.8 Å². The molecule has 11 heteroatoms. The van der Waals surface area contributed by atoms with Gasteiger partial charge in [-0.3, -0.25) is 15.5 Å². The summed E-state index contributed by atoms with van der Waals surface area (Å²) in [5.41, 5.74) is 1.95. The van der Waals surface area contributed by atoms with Gasteiger partial charge in [0, 0.05) is 12.1 Å². The van der Waals surface area contributed by atoms with Gasteiger partial charge in [0.15, 0.2) is 5.75 Å². The molecule has 0 aliphatic rings. The minimum atomic E-state index is -0.629. The molecule has 0 radical (unpaired) electrons. The highest BCUT2D eigenvalue weighted by molar-refractivity contribution is 6.37. The Morgan fingerprint density at radius 1 is 1.24 bits per heavy atom. The SMILES string of the molecule is NNc1ncc(Cl)c(Oc2c(Cl)cc([N+](=O)[O-])cc2Cl)n1. The second-order valence-corrected chi connectivity index (χ2v) is 4.81. The Balaban J connectivity index is 2.42. The van der Waals surface area contributed by atoms with Crippen molar-refractivity contribution < 1.29 is 9.66 Å². The fourth-order valence-electron chi connectivity index (χ4n) is 1.34. The van der Waals surface area contributed by atoms with Crippen LogP contribution in [0.1, 0.15) is 0 Å². The molecule has 0 amide bonds. The lowest BCUT2D eigenvalue weighted by Crippen LogP contribution is -2.10. The monoisotopic (exact) mass is 349 g/mol. The summed E-state index contributed by atoms with van der Waals surface area (Å²) in [5, 5.41) is 10.7. The summed E-state index contributed by atoms with van der Waals surface area (Å²) in [4.78, 5) is 17.7. The molecule has 3 N–H and O–H groups in total. The predicted molar refractivity (Wildman–Crippen MR) is 78.0 cm³/mol. The van der Waals surface area contributed by atoms with Gasteiger partial charge in [0.2, 0.25) is 11.8 Å². The summed E-state index contributed by atoms with van der Waals surface area (Å²) in [6.07, 6.45) is 1.26. The van der Waals surface area contributed by atoms with E-state index in [2.05, 4.69) is 15.4 Å². The van der Waals surface area contributed by atoms with Crippen LogP contribution in [0.2, 0.25) is 15.1 Å². The molecule has 0 aliphatic carbocycles. The molecule has 0 bridgehead atoms. The second-order valence-electron chi connectivity index (χ2n) is 3.59. The first kappa shape index (κ1) is 15.5. The van der Waals surface area contributed by atoms with Crippen LogP contribution in [-0.2, 0) is 0 Å². The number of non-ortho nitro benzene ring substituents is 1. The molecule has 0 aliphatic heterocycles. The average molecular weight is 351 g/mol. The van der Waals surface area contributed by atoms with Crippen LogP contribution in [-0.4, -0.2) is 14.9 Å². The number of nitro benzene ring substituents is 1. The van der Waals surface area contributed by atoms with E-state index in [-0.39, 0.29) is 38.3 Å². The number of anilines is 1. The fourth-order valence-corrected chi connectivity index (χ4v) is 2.02. The van der Waals surface area contributed by atoms with Crippen molar-refractivity contribution in [2.45, 2.75) is 0 Å². The van der Waals surface area contributed by atoms with Crippen LogP contribution >= 0.6 is 34.8 Å². The number of hydrogen-bond donors (Lipinski definition) is 2. The topological polar surface area (TPSA) is 116 Å². The maximum atomic E-state index is 10.7. The lowest BCUT2D eigenvalue weighted by molar-refractivity contribution is -0.384. The average Bonchev–Trinajstić information content (AvgIpc) is 2.44. The van der Waals surface area contributed by atoms with E-state index in [1.54, 1.807) is 0 Å². The number of ether oxygens (including phenoxy) is 1. The van der Waals surface area contributed by atoms with Crippen LogP contribution in [0.3, 0.4) is 0 Å². The van der Waals surface area contributed by atoms with E-state index in [0.717, 1.165) is 12.1 Å². The molecular formula is C10H6Cl3N5O3. The Hall–Kier alpha value is -1.87. The number of halogens is 3. The van der Waals surface area contributed by atoms with Crippen LogP contribution in [0.5, 0.6) is 11.6 Å². The van der Waals surface area contributed by atoms with Crippen LogP contribution in [0.4, 0.5) is 11.6 Å². The van der Waals surface area contributed by atoms with Gasteiger partial charge in [-0.15, -0.1) is 0 Å². The lowest BCUT2D eigenvalue weighted by atomic mass is 10.3. The third-order valence-corrected chi connectivity index (χ3v) is 3.05. The van der Waals surface area contributed by atoms with Crippen molar-refractivity contribution in [1.29, 1.82) is 0 Å². The van der Waals surface area contributed by atoms with Crippen molar-refractivity contribution in [3.8, 4) is 11.6 Å². The Kier molecular flexibility index (Phi) is 4.63. The normalized spacial score (nSPS) is 10.3. The smallest absolute Gasteiger partial charge is 0.272 e. The number of nitrogen functional groups attached to an aromatic ring is 1. The Bertz CT molecular complexity index is 689. The summed E-state index contributed by atoms with van der Waals surface area (Å²) in [6, 6.07) is 2.19. The minimum Gasteiger partial charge on any atom is -0.434 e. The number of nitrogens with two attached hydrogens (primary N) is 1. The number of hydrazine groups is 1. The van der Waals surface area contributed by atoms with Crippen LogP contribution in [0.25, 0.3) is 0 Å².